The van der Waals surface area contributed by atoms with Crippen molar-refractivity contribution in [2.24, 2.45) is 10.9 Å². The second-order valence-corrected chi connectivity index (χ2v) is 7.57. The standard InChI is InChI=1S/C17H31N5O.HI/c1-6-18-16(20-13-9-7-8-12(2)10-13)19-11-14-21-15(23-22-14)17(3,4)5;/h12-13H,6-11H2,1-5H3,(H2,18,19,20);1H. The van der Waals surface area contributed by atoms with Crippen LogP contribution in [-0.4, -0.2) is 28.7 Å². The predicted octanol–water partition coefficient (Wildman–Crippen LogP) is 3.62. The van der Waals surface area contributed by atoms with Gasteiger partial charge in [0.2, 0.25) is 5.89 Å². The van der Waals surface area contributed by atoms with Crippen LogP contribution in [-0.2, 0) is 12.0 Å². The van der Waals surface area contributed by atoms with Crippen molar-refractivity contribution in [3.05, 3.63) is 11.7 Å². The number of rotatable bonds is 4. The lowest BCUT2D eigenvalue weighted by Gasteiger charge is -2.28. The van der Waals surface area contributed by atoms with E-state index in [2.05, 4.69) is 60.4 Å². The van der Waals surface area contributed by atoms with E-state index >= 15 is 0 Å². The lowest BCUT2D eigenvalue weighted by Crippen LogP contribution is -2.45. The van der Waals surface area contributed by atoms with E-state index in [9.17, 15) is 0 Å². The Hall–Kier alpha value is -0.860. The first-order chi connectivity index (χ1) is 10.9. The zero-order chi connectivity index (χ0) is 16.9. The van der Waals surface area contributed by atoms with E-state index in [4.69, 9.17) is 4.52 Å². The van der Waals surface area contributed by atoms with Crippen LogP contribution < -0.4 is 10.6 Å². The number of halogens is 1. The molecule has 24 heavy (non-hydrogen) atoms. The SMILES string of the molecule is CCNC(=NCc1noc(C(C)(C)C)n1)NC1CCCC(C)C1.I. The van der Waals surface area contributed by atoms with Gasteiger partial charge in [-0.15, -0.1) is 24.0 Å². The molecule has 0 bridgehead atoms. The van der Waals surface area contributed by atoms with Crippen LogP contribution in [0, 0.1) is 5.92 Å². The number of nitrogens with zero attached hydrogens (tertiary/aromatic N) is 3. The number of aliphatic imine (C=N–C) groups is 1. The van der Waals surface area contributed by atoms with Crippen molar-refractivity contribution in [2.45, 2.75) is 78.3 Å². The molecule has 2 unspecified atom stereocenters. The quantitative estimate of drug-likeness (QED) is 0.417. The van der Waals surface area contributed by atoms with Gasteiger partial charge in [0.15, 0.2) is 11.8 Å². The van der Waals surface area contributed by atoms with E-state index in [1.807, 2.05) is 0 Å². The van der Waals surface area contributed by atoms with Crippen LogP contribution in [0.3, 0.4) is 0 Å². The molecule has 1 aromatic heterocycles. The summed E-state index contributed by atoms with van der Waals surface area (Å²) in [4.78, 5) is 9.04. The molecule has 1 heterocycles. The molecule has 0 amide bonds. The van der Waals surface area contributed by atoms with Gasteiger partial charge in [-0.2, -0.15) is 4.98 Å². The van der Waals surface area contributed by atoms with Gasteiger partial charge >= 0.3 is 0 Å². The first-order valence-corrected chi connectivity index (χ1v) is 8.76. The first kappa shape index (κ1) is 21.2. The predicted molar refractivity (Wildman–Crippen MR) is 108 cm³/mol. The number of hydrogen-bond donors (Lipinski definition) is 2. The van der Waals surface area contributed by atoms with Gasteiger partial charge in [0.05, 0.1) is 0 Å². The highest BCUT2D eigenvalue weighted by atomic mass is 127. The van der Waals surface area contributed by atoms with E-state index in [0.29, 0.717) is 24.3 Å². The molecule has 6 nitrogen and oxygen atoms in total. The van der Waals surface area contributed by atoms with Gasteiger partial charge in [-0.25, -0.2) is 4.99 Å². The first-order valence-electron chi connectivity index (χ1n) is 8.76. The lowest BCUT2D eigenvalue weighted by atomic mass is 9.87. The van der Waals surface area contributed by atoms with Gasteiger partial charge in [-0.1, -0.05) is 45.7 Å². The minimum Gasteiger partial charge on any atom is -0.357 e. The van der Waals surface area contributed by atoms with Crippen LogP contribution in [0.25, 0.3) is 0 Å². The van der Waals surface area contributed by atoms with E-state index in [0.717, 1.165) is 18.4 Å². The monoisotopic (exact) mass is 449 g/mol. The third-order valence-electron chi connectivity index (χ3n) is 4.11. The van der Waals surface area contributed by atoms with Crippen LogP contribution in [0.5, 0.6) is 0 Å². The van der Waals surface area contributed by atoms with Gasteiger partial charge in [0.1, 0.15) is 6.54 Å². The summed E-state index contributed by atoms with van der Waals surface area (Å²) < 4.78 is 5.31. The van der Waals surface area contributed by atoms with Crippen LogP contribution in [0.15, 0.2) is 9.52 Å². The number of nitrogens with one attached hydrogen (secondary N) is 2. The van der Waals surface area contributed by atoms with Crippen LogP contribution >= 0.6 is 24.0 Å². The maximum absolute atomic E-state index is 5.31. The molecular weight excluding hydrogens is 417 g/mol. The lowest BCUT2D eigenvalue weighted by molar-refractivity contribution is 0.318. The fourth-order valence-electron chi connectivity index (χ4n) is 2.85. The zero-order valence-electron chi connectivity index (χ0n) is 15.6. The van der Waals surface area contributed by atoms with Crippen molar-refractivity contribution in [3.8, 4) is 0 Å². The molecule has 2 rings (SSSR count). The molecule has 0 spiro atoms. The molecule has 1 aliphatic rings. The highest BCUT2D eigenvalue weighted by Crippen LogP contribution is 2.23. The molecule has 0 aromatic carbocycles. The summed E-state index contributed by atoms with van der Waals surface area (Å²) in [5.41, 5.74) is -0.129. The van der Waals surface area contributed by atoms with Crippen molar-refractivity contribution >= 4 is 29.9 Å². The van der Waals surface area contributed by atoms with Crippen molar-refractivity contribution < 1.29 is 4.52 Å². The number of aromatic nitrogens is 2. The molecule has 2 N–H and O–H groups in total. The van der Waals surface area contributed by atoms with Crippen molar-refractivity contribution in [1.82, 2.24) is 20.8 Å². The molecule has 1 aliphatic carbocycles. The number of guanidine groups is 1. The third kappa shape index (κ3) is 6.57. The molecule has 0 radical (unpaired) electrons. The Morgan fingerprint density at radius 1 is 1.33 bits per heavy atom. The highest BCUT2D eigenvalue weighted by molar-refractivity contribution is 14.0. The van der Waals surface area contributed by atoms with E-state index in [1.54, 1.807) is 0 Å². The summed E-state index contributed by atoms with van der Waals surface area (Å²) in [5, 5.41) is 10.9. The zero-order valence-corrected chi connectivity index (χ0v) is 17.9. The second-order valence-electron chi connectivity index (χ2n) is 7.57. The molecular formula is C17H32IN5O. The molecule has 1 saturated carbocycles. The molecule has 1 aromatic rings. The number of hydrogen-bond acceptors (Lipinski definition) is 4. The molecule has 0 aliphatic heterocycles. The summed E-state index contributed by atoms with van der Waals surface area (Å²) in [7, 11) is 0. The van der Waals surface area contributed by atoms with Crippen molar-refractivity contribution in [3.63, 3.8) is 0 Å². The highest BCUT2D eigenvalue weighted by Gasteiger charge is 2.22. The second kappa shape index (κ2) is 9.58. The van der Waals surface area contributed by atoms with Crippen LogP contribution in [0.1, 0.15) is 72.0 Å². The van der Waals surface area contributed by atoms with E-state index in [1.165, 1.54) is 25.7 Å². The third-order valence-corrected chi connectivity index (χ3v) is 4.11. The van der Waals surface area contributed by atoms with Gasteiger partial charge in [-0.05, 0) is 25.7 Å². The van der Waals surface area contributed by atoms with E-state index < -0.39 is 0 Å². The Morgan fingerprint density at radius 2 is 2.08 bits per heavy atom. The fraction of sp³-hybridized carbons (Fsp3) is 0.824. The summed E-state index contributed by atoms with van der Waals surface area (Å²) in [6.45, 7) is 11.8. The average Bonchev–Trinajstić information content (AvgIpc) is 2.94. The summed E-state index contributed by atoms with van der Waals surface area (Å²) in [6.07, 6.45) is 5.05. The Kier molecular flexibility index (Phi) is 8.45. The van der Waals surface area contributed by atoms with Crippen LogP contribution in [0.2, 0.25) is 0 Å². The van der Waals surface area contributed by atoms with Gasteiger partial charge < -0.3 is 15.2 Å². The minimum atomic E-state index is -0.129. The van der Waals surface area contributed by atoms with Crippen LogP contribution in [0.4, 0.5) is 0 Å². The normalized spacial score (nSPS) is 22.0. The smallest absolute Gasteiger partial charge is 0.232 e. The largest absolute Gasteiger partial charge is 0.357 e. The minimum absolute atomic E-state index is 0. The Morgan fingerprint density at radius 3 is 2.67 bits per heavy atom. The molecule has 2 atom stereocenters. The molecule has 1 fully saturated rings. The fourth-order valence-corrected chi connectivity index (χ4v) is 2.85. The van der Waals surface area contributed by atoms with Crippen molar-refractivity contribution in [2.75, 3.05) is 6.54 Å². The van der Waals surface area contributed by atoms with E-state index in [-0.39, 0.29) is 29.4 Å². The average molecular weight is 449 g/mol. The topological polar surface area (TPSA) is 75.3 Å². The van der Waals surface area contributed by atoms with Gasteiger partial charge in [0.25, 0.3) is 0 Å². The maximum atomic E-state index is 5.31. The summed E-state index contributed by atoms with van der Waals surface area (Å²) in [5.74, 6) is 2.91. The molecule has 7 heteroatoms. The Bertz CT molecular complexity index is 523. The Labute approximate surface area is 162 Å². The van der Waals surface area contributed by atoms with Gasteiger partial charge in [0, 0.05) is 18.0 Å². The maximum Gasteiger partial charge on any atom is 0.232 e. The van der Waals surface area contributed by atoms with Crippen molar-refractivity contribution in [1.29, 1.82) is 0 Å². The summed E-state index contributed by atoms with van der Waals surface area (Å²) >= 11 is 0. The molecule has 138 valence electrons. The molecule has 0 saturated heterocycles. The Balaban J connectivity index is 0.00000288. The van der Waals surface area contributed by atoms with Gasteiger partial charge in [-0.3, -0.25) is 0 Å². The summed E-state index contributed by atoms with van der Waals surface area (Å²) in [6, 6.07) is 0.506.